The Kier molecular flexibility index (Phi) is 5.92. The maximum Gasteiger partial charge on any atom is 0.216 e. The lowest BCUT2D eigenvalue weighted by molar-refractivity contribution is 0.581. The first-order valence-corrected chi connectivity index (χ1v) is 5.12. The Balaban J connectivity index is 2.82. The molecule has 4 heteroatoms. The van der Waals surface area contributed by atoms with E-state index in [1.54, 1.807) is 0 Å². The summed E-state index contributed by atoms with van der Waals surface area (Å²) in [5, 5.41) is 0. The molecule has 8 heavy (non-hydrogen) atoms. The molecular formula is C4H10O2S2. The number of hydrogen-bond acceptors (Lipinski definition) is 2. The van der Waals surface area contributed by atoms with Crippen LogP contribution in [0.1, 0.15) is 19.8 Å². The van der Waals surface area contributed by atoms with Crippen LogP contribution < -0.4 is 0 Å². The van der Waals surface area contributed by atoms with Gasteiger partial charge in [0.1, 0.15) is 0 Å². The van der Waals surface area contributed by atoms with E-state index in [1.807, 2.05) is 0 Å². The SMILES string of the molecule is CCCCSS(=O)O. The molecule has 0 radical (unpaired) electrons. The highest BCUT2D eigenvalue weighted by molar-refractivity contribution is 8.67. The summed E-state index contributed by atoms with van der Waals surface area (Å²) < 4.78 is 18.2. The van der Waals surface area contributed by atoms with Gasteiger partial charge in [0, 0.05) is 5.75 Å². The fourth-order valence-electron chi connectivity index (χ4n) is 0.275. The average Bonchev–Trinajstić information content (AvgIpc) is 1.66. The Morgan fingerprint density at radius 3 is 2.75 bits per heavy atom. The van der Waals surface area contributed by atoms with Crippen molar-refractivity contribution >= 4 is 20.9 Å². The second-order valence-electron chi connectivity index (χ2n) is 1.39. The van der Waals surface area contributed by atoms with Gasteiger partial charge in [0.15, 0.2) is 0 Å². The summed E-state index contributed by atoms with van der Waals surface area (Å²) in [4.78, 5) is 0. The van der Waals surface area contributed by atoms with E-state index < -0.39 is 10.1 Å². The highest BCUT2D eigenvalue weighted by Gasteiger charge is 1.90. The smallest absolute Gasteiger partial charge is 0.216 e. The molecule has 0 fully saturated rings. The van der Waals surface area contributed by atoms with Crippen molar-refractivity contribution in [1.29, 1.82) is 0 Å². The minimum Gasteiger partial charge on any atom is -0.298 e. The quantitative estimate of drug-likeness (QED) is 0.380. The number of hydrogen-bond donors (Lipinski definition) is 1. The average molecular weight is 154 g/mol. The van der Waals surface area contributed by atoms with Crippen LogP contribution in [0, 0.1) is 0 Å². The molecule has 0 aliphatic heterocycles. The second-order valence-corrected chi connectivity index (χ2v) is 4.03. The van der Waals surface area contributed by atoms with Crippen LogP contribution in [0.3, 0.4) is 0 Å². The summed E-state index contributed by atoms with van der Waals surface area (Å²) in [5.74, 6) is 0.791. The third-order valence-electron chi connectivity index (χ3n) is 0.682. The van der Waals surface area contributed by atoms with E-state index in [2.05, 4.69) is 6.92 Å². The normalized spacial score (nSPS) is 13.8. The molecule has 50 valence electrons. The Hall–Kier alpha value is 0.460. The van der Waals surface area contributed by atoms with E-state index in [0.29, 0.717) is 0 Å². The number of unbranched alkanes of at least 4 members (excludes halogenated alkanes) is 1. The van der Waals surface area contributed by atoms with Crippen molar-refractivity contribution in [2.24, 2.45) is 0 Å². The van der Waals surface area contributed by atoms with Gasteiger partial charge in [-0.2, -0.15) is 0 Å². The minimum atomic E-state index is -1.65. The van der Waals surface area contributed by atoms with Crippen molar-refractivity contribution in [3.63, 3.8) is 0 Å². The highest BCUT2D eigenvalue weighted by Crippen LogP contribution is 2.06. The monoisotopic (exact) mass is 154 g/mol. The molecule has 0 rings (SSSR count). The molecule has 2 nitrogen and oxygen atoms in total. The second kappa shape index (κ2) is 5.59. The van der Waals surface area contributed by atoms with E-state index in [1.165, 1.54) is 0 Å². The van der Waals surface area contributed by atoms with Gasteiger partial charge in [0.05, 0.1) is 0 Å². The molecule has 0 aliphatic carbocycles. The Morgan fingerprint density at radius 1 is 1.75 bits per heavy atom. The molecule has 0 aromatic rings. The Labute approximate surface area is 55.7 Å². The molecule has 1 atom stereocenters. The summed E-state index contributed by atoms with van der Waals surface area (Å²) in [7, 11) is -0.567. The van der Waals surface area contributed by atoms with Gasteiger partial charge in [0.25, 0.3) is 0 Å². The van der Waals surface area contributed by atoms with E-state index in [0.717, 1.165) is 29.4 Å². The van der Waals surface area contributed by atoms with E-state index >= 15 is 0 Å². The summed E-state index contributed by atoms with van der Waals surface area (Å²) >= 11 is 0. The van der Waals surface area contributed by atoms with Crippen LogP contribution in [-0.4, -0.2) is 14.5 Å². The molecule has 0 aliphatic rings. The molecule has 0 saturated heterocycles. The fourth-order valence-corrected chi connectivity index (χ4v) is 1.60. The van der Waals surface area contributed by atoms with Crippen LogP contribution in [0.15, 0.2) is 0 Å². The maximum atomic E-state index is 9.95. The molecule has 0 saturated carbocycles. The topological polar surface area (TPSA) is 37.3 Å². The molecule has 0 aromatic carbocycles. The molecule has 1 N–H and O–H groups in total. The zero-order chi connectivity index (χ0) is 6.41. The minimum absolute atomic E-state index is 0.791. The van der Waals surface area contributed by atoms with Crippen LogP contribution in [-0.2, 0) is 10.1 Å². The fraction of sp³-hybridized carbons (Fsp3) is 1.00. The maximum absolute atomic E-state index is 9.95. The summed E-state index contributed by atoms with van der Waals surface area (Å²) in [6.07, 6.45) is 2.11. The van der Waals surface area contributed by atoms with Gasteiger partial charge in [-0.15, -0.1) is 0 Å². The van der Waals surface area contributed by atoms with Crippen molar-refractivity contribution in [3.05, 3.63) is 0 Å². The van der Waals surface area contributed by atoms with Gasteiger partial charge in [-0.3, -0.25) is 4.55 Å². The van der Waals surface area contributed by atoms with Crippen molar-refractivity contribution in [3.8, 4) is 0 Å². The lowest BCUT2D eigenvalue weighted by Gasteiger charge is -1.89. The van der Waals surface area contributed by atoms with Crippen molar-refractivity contribution in [2.75, 3.05) is 5.75 Å². The zero-order valence-electron chi connectivity index (χ0n) is 4.79. The lowest BCUT2D eigenvalue weighted by Crippen LogP contribution is -1.81. The third-order valence-corrected chi connectivity index (χ3v) is 2.44. The molecular weight excluding hydrogens is 144 g/mol. The van der Waals surface area contributed by atoms with Crippen LogP contribution in [0.4, 0.5) is 0 Å². The molecule has 1 unspecified atom stereocenters. The Bertz CT molecular complexity index is 74.4. The van der Waals surface area contributed by atoms with Gasteiger partial charge in [-0.1, -0.05) is 13.3 Å². The van der Waals surface area contributed by atoms with Crippen LogP contribution in [0.2, 0.25) is 0 Å². The first-order chi connectivity index (χ1) is 3.77. The van der Waals surface area contributed by atoms with Gasteiger partial charge < -0.3 is 0 Å². The number of rotatable bonds is 4. The molecule has 0 aromatic heterocycles. The van der Waals surface area contributed by atoms with Gasteiger partial charge in [-0.25, -0.2) is 4.21 Å². The van der Waals surface area contributed by atoms with E-state index in [-0.39, 0.29) is 0 Å². The van der Waals surface area contributed by atoms with Crippen LogP contribution in [0.25, 0.3) is 0 Å². The largest absolute Gasteiger partial charge is 0.298 e. The molecule has 0 amide bonds. The molecule has 0 bridgehead atoms. The summed E-state index contributed by atoms with van der Waals surface area (Å²) in [6, 6.07) is 0. The third kappa shape index (κ3) is 6.46. The first kappa shape index (κ1) is 8.46. The summed E-state index contributed by atoms with van der Waals surface area (Å²) in [6.45, 7) is 2.06. The molecule has 0 heterocycles. The van der Waals surface area contributed by atoms with Crippen LogP contribution in [0.5, 0.6) is 0 Å². The highest BCUT2D eigenvalue weighted by atomic mass is 33.1. The van der Waals surface area contributed by atoms with Crippen molar-refractivity contribution in [1.82, 2.24) is 0 Å². The lowest BCUT2D eigenvalue weighted by atomic mass is 10.4. The van der Waals surface area contributed by atoms with Gasteiger partial charge in [-0.05, 0) is 17.2 Å². The first-order valence-electron chi connectivity index (χ1n) is 2.51. The Morgan fingerprint density at radius 2 is 2.38 bits per heavy atom. The van der Waals surface area contributed by atoms with E-state index in [4.69, 9.17) is 4.55 Å². The summed E-state index contributed by atoms with van der Waals surface area (Å²) in [5.41, 5.74) is 0. The van der Waals surface area contributed by atoms with Crippen molar-refractivity contribution < 1.29 is 8.76 Å². The molecule has 0 spiro atoms. The van der Waals surface area contributed by atoms with E-state index in [9.17, 15) is 4.21 Å². The standard InChI is InChI=1S/C4H10O2S2/c1-2-3-4-7-8(5)6/h2-4H2,1H3,(H,5,6). The zero-order valence-corrected chi connectivity index (χ0v) is 6.43. The van der Waals surface area contributed by atoms with Crippen molar-refractivity contribution in [2.45, 2.75) is 19.8 Å². The van der Waals surface area contributed by atoms with Gasteiger partial charge in [0.2, 0.25) is 10.1 Å². The predicted octanol–water partition coefficient (Wildman–Crippen LogP) is 1.66. The van der Waals surface area contributed by atoms with Gasteiger partial charge >= 0.3 is 0 Å². The predicted molar refractivity (Wildman–Crippen MR) is 38.1 cm³/mol. The van der Waals surface area contributed by atoms with Crippen LogP contribution >= 0.6 is 10.8 Å².